The fourth-order valence-electron chi connectivity index (χ4n) is 3.03. The Morgan fingerprint density at radius 1 is 1.25 bits per heavy atom. The highest BCUT2D eigenvalue weighted by atomic mass is 32.2. The minimum atomic E-state index is -0.803. The molecule has 2 atom stereocenters. The lowest BCUT2D eigenvalue weighted by molar-refractivity contribution is -0.174. The maximum absolute atomic E-state index is 12.3. The third-order valence-electron chi connectivity index (χ3n) is 4.14. The number of hydrogen-bond donors (Lipinski definition) is 1. The first-order chi connectivity index (χ1) is 11.5. The molecule has 3 rings (SSSR count). The second kappa shape index (κ2) is 6.33. The summed E-state index contributed by atoms with van der Waals surface area (Å²) in [6.45, 7) is 1.87. The van der Waals surface area contributed by atoms with Crippen LogP contribution >= 0.6 is 11.8 Å². The number of nitrogens with zero attached hydrogens (tertiary/aromatic N) is 1. The summed E-state index contributed by atoms with van der Waals surface area (Å²) in [6, 6.07) is 8.95. The van der Waals surface area contributed by atoms with Gasteiger partial charge in [-0.1, -0.05) is 30.3 Å². The molecule has 7 heteroatoms. The number of esters is 1. The van der Waals surface area contributed by atoms with E-state index < -0.39 is 28.9 Å². The fraction of sp³-hybridized carbons (Fsp3) is 0.294. The molecule has 2 aliphatic rings. The van der Waals surface area contributed by atoms with Gasteiger partial charge in [-0.3, -0.25) is 14.4 Å². The van der Waals surface area contributed by atoms with E-state index in [-0.39, 0.29) is 0 Å². The quantitative estimate of drug-likeness (QED) is 0.846. The van der Waals surface area contributed by atoms with E-state index >= 15 is 0 Å². The molecule has 0 spiro atoms. The van der Waals surface area contributed by atoms with Crippen LogP contribution in [0.2, 0.25) is 0 Å². The maximum atomic E-state index is 12.3. The predicted octanol–water partition coefficient (Wildman–Crippen LogP) is 2.29. The van der Waals surface area contributed by atoms with Crippen LogP contribution in [0.15, 0.2) is 47.2 Å². The summed E-state index contributed by atoms with van der Waals surface area (Å²) < 4.78 is 4.87. The van der Waals surface area contributed by atoms with Gasteiger partial charge in [0, 0.05) is 10.5 Å². The summed E-state index contributed by atoms with van der Waals surface area (Å²) in [5.74, 6) is -1.62. The molecule has 0 saturated heterocycles. The SMILES string of the molecule is COC(=O)[C@H]1SC(c2ccccc2)=C(C)[C@H]2C1=C(O)C(=O)N2OC. The van der Waals surface area contributed by atoms with Crippen LogP contribution in [0.4, 0.5) is 0 Å². The molecule has 6 nitrogen and oxygen atoms in total. The van der Waals surface area contributed by atoms with Crippen molar-refractivity contribution in [1.29, 1.82) is 0 Å². The Balaban J connectivity index is 2.19. The van der Waals surface area contributed by atoms with E-state index in [0.717, 1.165) is 21.1 Å². The summed E-state index contributed by atoms with van der Waals surface area (Å²) in [4.78, 5) is 30.5. The molecule has 0 radical (unpaired) electrons. The molecule has 1 amide bonds. The Hall–Kier alpha value is -2.25. The molecule has 1 aromatic carbocycles. The molecule has 0 aromatic heterocycles. The number of rotatable bonds is 3. The third-order valence-corrected chi connectivity index (χ3v) is 5.62. The lowest BCUT2D eigenvalue weighted by Gasteiger charge is -2.33. The number of amides is 1. The lowest BCUT2D eigenvalue weighted by Crippen LogP contribution is -2.40. The standard InChI is InChI=1S/C17H17NO5S/c1-9-12-11(13(19)16(20)18(12)23-3)15(17(21)22-2)24-14(9)10-7-5-4-6-8-10/h4-8,12,15,19H,1-3H3/t12-,15-/m0/s1. The monoisotopic (exact) mass is 347 g/mol. The van der Waals surface area contributed by atoms with Gasteiger partial charge in [0.1, 0.15) is 11.3 Å². The molecular formula is C17H17NO5S. The summed E-state index contributed by atoms with van der Waals surface area (Å²) in [6.07, 6.45) is 0. The second-order valence-electron chi connectivity index (χ2n) is 5.42. The molecule has 2 heterocycles. The normalized spacial score (nSPS) is 23.6. The zero-order chi connectivity index (χ0) is 17.4. The minimum absolute atomic E-state index is 0.316. The molecule has 1 N–H and O–H groups in total. The topological polar surface area (TPSA) is 76.1 Å². The van der Waals surface area contributed by atoms with Crippen molar-refractivity contribution < 1.29 is 24.3 Å². The van der Waals surface area contributed by atoms with Crippen LogP contribution in [-0.2, 0) is 19.2 Å². The highest BCUT2D eigenvalue weighted by Crippen LogP contribution is 2.49. The van der Waals surface area contributed by atoms with E-state index in [4.69, 9.17) is 9.57 Å². The van der Waals surface area contributed by atoms with Crippen molar-refractivity contribution in [3.05, 3.63) is 52.8 Å². The molecule has 0 aliphatic carbocycles. The number of benzene rings is 1. The van der Waals surface area contributed by atoms with Gasteiger partial charge in [0.15, 0.2) is 5.76 Å². The Morgan fingerprint density at radius 3 is 2.50 bits per heavy atom. The zero-order valence-electron chi connectivity index (χ0n) is 13.5. The Bertz CT molecular complexity index is 756. The van der Waals surface area contributed by atoms with E-state index in [0.29, 0.717) is 5.57 Å². The van der Waals surface area contributed by atoms with Gasteiger partial charge in [-0.25, -0.2) is 5.06 Å². The number of ether oxygens (including phenoxy) is 1. The lowest BCUT2D eigenvalue weighted by atomic mass is 9.95. The van der Waals surface area contributed by atoms with E-state index in [1.165, 1.54) is 26.0 Å². The first-order valence-corrected chi connectivity index (χ1v) is 8.20. The van der Waals surface area contributed by atoms with E-state index in [1.54, 1.807) is 0 Å². The van der Waals surface area contributed by atoms with E-state index in [1.807, 2.05) is 37.3 Å². The molecule has 1 aromatic rings. The van der Waals surface area contributed by atoms with Crippen molar-refractivity contribution in [2.24, 2.45) is 0 Å². The number of carbonyl (C=O) groups is 2. The third kappa shape index (κ3) is 2.40. The summed E-state index contributed by atoms with van der Waals surface area (Å²) >= 11 is 1.27. The number of fused-ring (bicyclic) bond motifs is 1. The van der Waals surface area contributed by atoms with Crippen LogP contribution in [0, 0.1) is 0 Å². The molecule has 2 aliphatic heterocycles. The minimum Gasteiger partial charge on any atom is -0.503 e. The van der Waals surface area contributed by atoms with Gasteiger partial charge in [0.2, 0.25) is 0 Å². The number of methoxy groups -OCH3 is 1. The van der Waals surface area contributed by atoms with Crippen LogP contribution in [0.5, 0.6) is 0 Å². The van der Waals surface area contributed by atoms with Crippen molar-refractivity contribution in [2.45, 2.75) is 18.2 Å². The van der Waals surface area contributed by atoms with E-state index in [2.05, 4.69) is 0 Å². The number of hydroxylamine groups is 2. The van der Waals surface area contributed by atoms with Crippen LogP contribution in [0.1, 0.15) is 12.5 Å². The largest absolute Gasteiger partial charge is 0.503 e. The molecule has 126 valence electrons. The fourth-order valence-corrected chi connectivity index (χ4v) is 4.40. The highest BCUT2D eigenvalue weighted by molar-refractivity contribution is 8.09. The van der Waals surface area contributed by atoms with Crippen molar-refractivity contribution >= 4 is 28.5 Å². The van der Waals surface area contributed by atoms with Gasteiger partial charge in [0.25, 0.3) is 0 Å². The van der Waals surface area contributed by atoms with Crippen LogP contribution in [0.25, 0.3) is 4.91 Å². The maximum Gasteiger partial charge on any atom is 0.323 e. The van der Waals surface area contributed by atoms with Gasteiger partial charge >= 0.3 is 11.9 Å². The molecule has 0 bridgehead atoms. The number of thioether (sulfide) groups is 1. The van der Waals surface area contributed by atoms with Gasteiger partial charge in [-0.2, -0.15) is 0 Å². The van der Waals surface area contributed by atoms with Gasteiger partial charge in [-0.05, 0) is 18.1 Å². The van der Waals surface area contributed by atoms with Crippen molar-refractivity contribution in [3.63, 3.8) is 0 Å². The van der Waals surface area contributed by atoms with Crippen molar-refractivity contribution in [1.82, 2.24) is 5.06 Å². The Morgan fingerprint density at radius 2 is 1.92 bits per heavy atom. The second-order valence-corrected chi connectivity index (χ2v) is 6.53. The summed E-state index contributed by atoms with van der Waals surface area (Å²) in [5, 5.41) is 10.5. The number of carbonyl (C=O) groups excluding carboxylic acids is 2. The zero-order valence-corrected chi connectivity index (χ0v) is 14.3. The average molecular weight is 347 g/mol. The van der Waals surface area contributed by atoms with Gasteiger partial charge < -0.3 is 9.84 Å². The molecule has 0 fully saturated rings. The Kier molecular flexibility index (Phi) is 4.38. The number of aliphatic hydroxyl groups excluding tert-OH is 1. The van der Waals surface area contributed by atoms with Crippen LogP contribution in [-0.4, -0.2) is 47.6 Å². The average Bonchev–Trinajstić information content (AvgIpc) is 2.87. The molecule has 0 saturated carbocycles. The van der Waals surface area contributed by atoms with Crippen LogP contribution in [0.3, 0.4) is 0 Å². The van der Waals surface area contributed by atoms with Crippen molar-refractivity contribution in [3.8, 4) is 0 Å². The number of aliphatic hydroxyl groups is 1. The van der Waals surface area contributed by atoms with Crippen LogP contribution < -0.4 is 0 Å². The first kappa shape index (κ1) is 16.6. The molecule has 0 unspecified atom stereocenters. The highest BCUT2D eigenvalue weighted by Gasteiger charge is 2.50. The van der Waals surface area contributed by atoms with Gasteiger partial charge in [-0.15, -0.1) is 11.8 Å². The summed E-state index contributed by atoms with van der Waals surface area (Å²) in [7, 11) is 2.65. The van der Waals surface area contributed by atoms with Gasteiger partial charge in [0.05, 0.1) is 14.2 Å². The van der Waals surface area contributed by atoms with Crippen molar-refractivity contribution in [2.75, 3.05) is 14.2 Å². The predicted molar refractivity (Wildman–Crippen MR) is 89.7 cm³/mol. The summed E-state index contributed by atoms with van der Waals surface area (Å²) in [5.41, 5.74) is 2.08. The first-order valence-electron chi connectivity index (χ1n) is 7.32. The molecule has 24 heavy (non-hydrogen) atoms. The smallest absolute Gasteiger partial charge is 0.323 e. The Labute approximate surface area is 143 Å². The molecular weight excluding hydrogens is 330 g/mol. The number of hydrogen-bond acceptors (Lipinski definition) is 6. The van der Waals surface area contributed by atoms with E-state index in [9.17, 15) is 14.7 Å².